The lowest BCUT2D eigenvalue weighted by Gasteiger charge is -2.33. The molecule has 0 atom stereocenters. The molecule has 2 aromatic rings. The van der Waals surface area contributed by atoms with Crippen LogP contribution in [-0.2, 0) is 11.2 Å². The van der Waals surface area contributed by atoms with Crippen LogP contribution in [0.2, 0.25) is 0 Å². The Morgan fingerprint density at radius 1 is 1.11 bits per heavy atom. The molecule has 3 N–H and O–H groups in total. The molecule has 148 valence electrons. The van der Waals surface area contributed by atoms with Gasteiger partial charge in [-0.15, -0.1) is 0 Å². The molecule has 0 radical (unpaired) electrons. The summed E-state index contributed by atoms with van der Waals surface area (Å²) in [5.41, 5.74) is 4.33. The van der Waals surface area contributed by atoms with Crippen LogP contribution >= 0.6 is 12.2 Å². The highest BCUT2D eigenvalue weighted by Gasteiger charge is 2.24. The average Bonchev–Trinajstić information content (AvgIpc) is 2.69. The molecule has 1 fully saturated rings. The van der Waals surface area contributed by atoms with Crippen LogP contribution in [0.3, 0.4) is 0 Å². The lowest BCUT2D eigenvalue weighted by molar-refractivity contribution is -0.895. The minimum atomic E-state index is 0.0739. The number of aryl methyl sites for hydroxylation is 2. The van der Waals surface area contributed by atoms with Crippen LogP contribution in [0.15, 0.2) is 48.5 Å². The van der Waals surface area contributed by atoms with Crippen LogP contribution in [-0.4, -0.2) is 48.6 Å². The standard InChI is InChI=1S/C22H28N4OS/c1-3-18-8-4-5-10-20(18)24-21(27)16-25-11-13-26(14-12-25)22(28)23-19-9-6-7-17(2)15-19/h4-10,15H,3,11-14,16H2,1-2H3,(H,23,28)(H,24,27)/p+1. The molecule has 1 amide bonds. The number of thiocarbonyl (C=S) groups is 1. The molecule has 1 heterocycles. The van der Waals surface area contributed by atoms with E-state index in [1.165, 1.54) is 16.0 Å². The Morgan fingerprint density at radius 3 is 2.57 bits per heavy atom. The Morgan fingerprint density at radius 2 is 1.86 bits per heavy atom. The normalized spacial score (nSPS) is 14.6. The van der Waals surface area contributed by atoms with Gasteiger partial charge in [-0.3, -0.25) is 4.79 Å². The summed E-state index contributed by atoms with van der Waals surface area (Å²) in [6, 6.07) is 16.2. The highest BCUT2D eigenvalue weighted by atomic mass is 32.1. The number of rotatable bonds is 5. The summed E-state index contributed by atoms with van der Waals surface area (Å²) in [7, 11) is 0. The van der Waals surface area contributed by atoms with Crippen molar-refractivity contribution in [3.05, 3.63) is 59.7 Å². The first-order valence-corrected chi connectivity index (χ1v) is 10.3. The molecule has 2 aromatic carbocycles. The third-order valence-corrected chi connectivity index (χ3v) is 5.47. The van der Waals surface area contributed by atoms with Gasteiger partial charge in [0.25, 0.3) is 5.91 Å². The Hall–Kier alpha value is -2.44. The first-order chi connectivity index (χ1) is 13.5. The van der Waals surface area contributed by atoms with Crippen LogP contribution in [0.1, 0.15) is 18.1 Å². The zero-order valence-electron chi connectivity index (χ0n) is 16.6. The average molecular weight is 398 g/mol. The highest BCUT2D eigenvalue weighted by molar-refractivity contribution is 7.80. The van der Waals surface area contributed by atoms with Crippen LogP contribution in [0.5, 0.6) is 0 Å². The lowest BCUT2D eigenvalue weighted by atomic mass is 10.1. The van der Waals surface area contributed by atoms with Gasteiger partial charge in [-0.05, 0) is 54.9 Å². The summed E-state index contributed by atoms with van der Waals surface area (Å²) in [6.45, 7) is 8.17. The second-order valence-electron chi connectivity index (χ2n) is 7.27. The summed E-state index contributed by atoms with van der Waals surface area (Å²) >= 11 is 5.57. The number of para-hydroxylation sites is 1. The number of carbonyl (C=O) groups is 1. The summed E-state index contributed by atoms with van der Waals surface area (Å²) in [4.78, 5) is 15.9. The van der Waals surface area contributed by atoms with Crippen LogP contribution in [0.4, 0.5) is 11.4 Å². The maximum atomic E-state index is 12.5. The van der Waals surface area contributed by atoms with Gasteiger partial charge >= 0.3 is 0 Å². The number of benzene rings is 2. The van der Waals surface area contributed by atoms with Gasteiger partial charge in [0.05, 0.1) is 26.2 Å². The predicted molar refractivity (Wildman–Crippen MR) is 119 cm³/mol. The maximum Gasteiger partial charge on any atom is 0.279 e. The van der Waals surface area contributed by atoms with E-state index in [1.807, 2.05) is 30.3 Å². The Bertz CT molecular complexity index is 831. The van der Waals surface area contributed by atoms with Crippen LogP contribution < -0.4 is 15.5 Å². The van der Waals surface area contributed by atoms with E-state index in [4.69, 9.17) is 12.2 Å². The van der Waals surface area contributed by atoms with E-state index in [0.717, 1.165) is 49.1 Å². The largest absolute Gasteiger partial charge is 0.338 e. The van der Waals surface area contributed by atoms with Crippen molar-refractivity contribution in [1.29, 1.82) is 0 Å². The van der Waals surface area contributed by atoms with E-state index in [0.29, 0.717) is 6.54 Å². The smallest absolute Gasteiger partial charge is 0.279 e. The van der Waals surface area contributed by atoms with Crippen molar-refractivity contribution in [3.8, 4) is 0 Å². The third kappa shape index (κ3) is 5.53. The molecule has 1 aliphatic heterocycles. The van der Waals surface area contributed by atoms with Crippen LogP contribution in [0.25, 0.3) is 0 Å². The monoisotopic (exact) mass is 397 g/mol. The molecule has 1 saturated heterocycles. The second kappa shape index (κ2) is 9.66. The number of anilines is 2. The second-order valence-corrected chi connectivity index (χ2v) is 7.66. The van der Waals surface area contributed by atoms with Gasteiger partial charge in [0.15, 0.2) is 11.7 Å². The molecule has 28 heavy (non-hydrogen) atoms. The number of carbonyl (C=O) groups excluding carboxylic acids is 1. The van der Waals surface area contributed by atoms with Gasteiger partial charge in [0.2, 0.25) is 0 Å². The van der Waals surface area contributed by atoms with Crippen molar-refractivity contribution in [2.75, 3.05) is 43.4 Å². The summed E-state index contributed by atoms with van der Waals surface area (Å²) in [5.74, 6) is 0.0739. The molecule has 0 bridgehead atoms. The minimum absolute atomic E-state index is 0.0739. The topological polar surface area (TPSA) is 48.8 Å². The van der Waals surface area contributed by atoms with Gasteiger partial charge in [-0.2, -0.15) is 0 Å². The first kappa shape index (κ1) is 20.3. The molecule has 0 spiro atoms. The quantitative estimate of drug-likeness (QED) is 0.677. The number of piperazine rings is 1. The van der Waals surface area contributed by atoms with Crippen LogP contribution in [0, 0.1) is 6.92 Å². The first-order valence-electron chi connectivity index (χ1n) is 9.89. The van der Waals surface area contributed by atoms with E-state index < -0.39 is 0 Å². The van der Waals surface area contributed by atoms with E-state index in [1.54, 1.807) is 0 Å². The molecule has 1 aliphatic rings. The Kier molecular flexibility index (Phi) is 7.01. The van der Waals surface area contributed by atoms with Gasteiger partial charge < -0.3 is 20.4 Å². The molecule has 0 aliphatic carbocycles. The van der Waals surface area contributed by atoms with Crippen molar-refractivity contribution in [1.82, 2.24) is 4.90 Å². The highest BCUT2D eigenvalue weighted by Crippen LogP contribution is 2.15. The van der Waals surface area contributed by atoms with E-state index >= 15 is 0 Å². The number of nitrogens with zero attached hydrogens (tertiary/aromatic N) is 1. The number of nitrogens with one attached hydrogen (secondary N) is 3. The molecule has 5 nitrogen and oxygen atoms in total. The zero-order valence-corrected chi connectivity index (χ0v) is 17.4. The Balaban J connectivity index is 1.46. The molecule has 0 aromatic heterocycles. The van der Waals surface area contributed by atoms with Crippen molar-refractivity contribution in [2.24, 2.45) is 0 Å². The van der Waals surface area contributed by atoms with E-state index in [2.05, 4.69) is 47.6 Å². The molecule has 3 rings (SSSR count). The number of hydrogen-bond acceptors (Lipinski definition) is 2. The molecular formula is C22H29N4OS+. The molecule has 6 heteroatoms. The third-order valence-electron chi connectivity index (χ3n) is 5.11. The van der Waals surface area contributed by atoms with Crippen molar-refractivity contribution in [2.45, 2.75) is 20.3 Å². The van der Waals surface area contributed by atoms with Gasteiger partial charge in [0.1, 0.15) is 0 Å². The fourth-order valence-corrected chi connectivity index (χ4v) is 3.80. The van der Waals surface area contributed by atoms with E-state index in [-0.39, 0.29) is 5.91 Å². The molecular weight excluding hydrogens is 368 g/mol. The van der Waals surface area contributed by atoms with Crippen molar-refractivity contribution < 1.29 is 9.69 Å². The minimum Gasteiger partial charge on any atom is -0.338 e. The maximum absolute atomic E-state index is 12.5. The van der Waals surface area contributed by atoms with E-state index in [9.17, 15) is 4.79 Å². The fraction of sp³-hybridized carbons (Fsp3) is 0.364. The number of hydrogen-bond donors (Lipinski definition) is 3. The van der Waals surface area contributed by atoms with Gasteiger partial charge in [-0.1, -0.05) is 37.3 Å². The SMILES string of the molecule is CCc1ccccc1NC(=O)C[NH+]1CCN(C(=S)Nc2cccc(C)c2)CC1. The Labute approximate surface area is 172 Å². The number of quaternary nitrogens is 1. The molecule has 0 saturated carbocycles. The van der Waals surface area contributed by atoms with Crippen molar-refractivity contribution >= 4 is 34.6 Å². The van der Waals surface area contributed by atoms with Gasteiger partial charge in [0, 0.05) is 11.4 Å². The summed E-state index contributed by atoms with van der Waals surface area (Å²) < 4.78 is 0. The molecule has 0 unspecified atom stereocenters. The summed E-state index contributed by atoms with van der Waals surface area (Å²) in [6.07, 6.45) is 0.910. The zero-order chi connectivity index (χ0) is 19.9. The fourth-order valence-electron chi connectivity index (χ4n) is 3.50. The van der Waals surface area contributed by atoms with Gasteiger partial charge in [-0.25, -0.2) is 0 Å². The summed E-state index contributed by atoms with van der Waals surface area (Å²) in [5, 5.41) is 7.15. The lowest BCUT2D eigenvalue weighted by Crippen LogP contribution is -3.15. The number of amides is 1. The van der Waals surface area contributed by atoms with Crippen molar-refractivity contribution in [3.63, 3.8) is 0 Å². The predicted octanol–water partition coefficient (Wildman–Crippen LogP) is 2.09.